The van der Waals surface area contributed by atoms with E-state index in [0.717, 1.165) is 24.4 Å². The van der Waals surface area contributed by atoms with Crippen molar-refractivity contribution in [3.05, 3.63) is 52.3 Å². The third kappa shape index (κ3) is 3.59. The van der Waals surface area contributed by atoms with Gasteiger partial charge in [-0.05, 0) is 44.7 Å². The molecule has 1 saturated heterocycles. The van der Waals surface area contributed by atoms with E-state index in [1.54, 1.807) is 31.7 Å². The molecule has 0 atom stereocenters. The van der Waals surface area contributed by atoms with Gasteiger partial charge in [-0.15, -0.1) is 0 Å². The van der Waals surface area contributed by atoms with Crippen molar-refractivity contribution in [2.45, 2.75) is 44.7 Å². The zero-order valence-electron chi connectivity index (χ0n) is 15.8. The number of rotatable bonds is 4. The maximum absolute atomic E-state index is 12.8. The smallest absolute Gasteiger partial charge is 0.263 e. The number of carbonyl (C=O) groups excluding carboxylic acids is 1. The highest BCUT2D eigenvalue weighted by Crippen LogP contribution is 2.35. The van der Waals surface area contributed by atoms with E-state index in [9.17, 15) is 9.59 Å². The predicted octanol–water partition coefficient (Wildman–Crippen LogP) is 1.76. The molecule has 0 N–H and O–H groups in total. The van der Waals surface area contributed by atoms with Crippen LogP contribution >= 0.6 is 0 Å². The van der Waals surface area contributed by atoms with Gasteiger partial charge in [0.2, 0.25) is 0 Å². The Balaban J connectivity index is 1.47. The largest absolute Gasteiger partial charge is 0.350 e. The van der Waals surface area contributed by atoms with Crippen LogP contribution in [-0.2, 0) is 7.05 Å². The Labute approximate surface area is 158 Å². The van der Waals surface area contributed by atoms with Gasteiger partial charge in [-0.1, -0.05) is 0 Å². The van der Waals surface area contributed by atoms with E-state index in [2.05, 4.69) is 14.9 Å². The first-order chi connectivity index (χ1) is 13.0. The van der Waals surface area contributed by atoms with E-state index in [4.69, 9.17) is 0 Å². The summed E-state index contributed by atoms with van der Waals surface area (Å²) in [6.07, 6.45) is 7.47. The van der Waals surface area contributed by atoms with Gasteiger partial charge in [0.05, 0.1) is 0 Å². The summed E-state index contributed by atoms with van der Waals surface area (Å²) in [6.45, 7) is 3.31. The number of anilines is 1. The fourth-order valence-corrected chi connectivity index (χ4v) is 3.88. The molecule has 1 amide bonds. The van der Waals surface area contributed by atoms with Gasteiger partial charge in [0.15, 0.2) is 0 Å². The molecule has 2 aromatic rings. The monoisotopic (exact) mass is 367 g/mol. The minimum Gasteiger partial charge on any atom is -0.350 e. The van der Waals surface area contributed by atoms with Crippen molar-refractivity contribution in [1.29, 1.82) is 0 Å². The molecule has 0 unspecified atom stereocenters. The Morgan fingerprint density at radius 3 is 2.52 bits per heavy atom. The van der Waals surface area contributed by atoms with E-state index in [0.29, 0.717) is 25.2 Å². The number of piperidine rings is 1. The normalized spacial score (nSPS) is 17.8. The van der Waals surface area contributed by atoms with E-state index in [1.807, 2.05) is 17.9 Å². The predicted molar refractivity (Wildman–Crippen MR) is 103 cm³/mol. The Bertz CT molecular complexity index is 897. The summed E-state index contributed by atoms with van der Waals surface area (Å²) in [6, 6.07) is 6.33. The zero-order chi connectivity index (χ0) is 19.0. The summed E-state index contributed by atoms with van der Waals surface area (Å²) >= 11 is 0. The average Bonchev–Trinajstić information content (AvgIpc) is 3.49. The molecule has 0 spiro atoms. The molecular formula is C20H25N5O2. The number of likely N-dealkylation sites (tertiary alicyclic amines) is 1. The number of nitrogens with zero attached hydrogens (tertiary/aromatic N) is 5. The second-order valence-electron chi connectivity index (χ2n) is 7.52. The molecule has 142 valence electrons. The van der Waals surface area contributed by atoms with E-state index in [1.165, 1.54) is 17.4 Å². The lowest BCUT2D eigenvalue weighted by Gasteiger charge is -2.39. The first-order valence-electron chi connectivity index (χ1n) is 9.56. The number of carbonyl (C=O) groups is 1. The van der Waals surface area contributed by atoms with Crippen molar-refractivity contribution >= 4 is 11.7 Å². The lowest BCUT2D eigenvalue weighted by Crippen LogP contribution is -2.48. The average molecular weight is 367 g/mol. The van der Waals surface area contributed by atoms with Crippen LogP contribution in [0.2, 0.25) is 0 Å². The van der Waals surface area contributed by atoms with Gasteiger partial charge in [-0.2, -0.15) is 0 Å². The molecule has 0 radical (unpaired) electrons. The van der Waals surface area contributed by atoms with Crippen LogP contribution in [0.5, 0.6) is 0 Å². The summed E-state index contributed by atoms with van der Waals surface area (Å²) in [4.78, 5) is 38.0. The minimum absolute atomic E-state index is 0.162. The van der Waals surface area contributed by atoms with Gasteiger partial charge in [0.1, 0.15) is 17.7 Å². The lowest BCUT2D eigenvalue weighted by molar-refractivity contribution is 0.0709. The van der Waals surface area contributed by atoms with Crippen LogP contribution in [-0.4, -0.2) is 50.5 Å². The number of amides is 1. The highest BCUT2D eigenvalue weighted by molar-refractivity contribution is 5.93. The molecule has 2 aromatic heterocycles. The Kier molecular flexibility index (Phi) is 4.68. The van der Waals surface area contributed by atoms with Crippen molar-refractivity contribution < 1.29 is 4.79 Å². The number of hydrogen-bond acceptors (Lipinski definition) is 5. The molecule has 2 aliphatic rings. The molecule has 0 bridgehead atoms. The van der Waals surface area contributed by atoms with Crippen LogP contribution < -0.4 is 10.5 Å². The quantitative estimate of drug-likeness (QED) is 0.823. The summed E-state index contributed by atoms with van der Waals surface area (Å²) in [7, 11) is 1.67. The second-order valence-corrected chi connectivity index (χ2v) is 7.52. The summed E-state index contributed by atoms with van der Waals surface area (Å²) < 4.78 is 1.45. The van der Waals surface area contributed by atoms with Crippen molar-refractivity contribution in [1.82, 2.24) is 19.4 Å². The van der Waals surface area contributed by atoms with Crippen LogP contribution in [0.4, 0.5) is 5.82 Å². The summed E-state index contributed by atoms with van der Waals surface area (Å²) in [5.74, 6) is 0.831. The van der Waals surface area contributed by atoms with Gasteiger partial charge < -0.3 is 14.4 Å². The molecule has 1 aliphatic heterocycles. The second kappa shape index (κ2) is 7.13. The molecule has 4 rings (SSSR count). The fraction of sp³-hybridized carbons (Fsp3) is 0.500. The molecule has 1 saturated carbocycles. The molecule has 7 nitrogen and oxygen atoms in total. The summed E-state index contributed by atoms with van der Waals surface area (Å²) in [5, 5.41) is 0. The maximum atomic E-state index is 12.8. The van der Waals surface area contributed by atoms with Crippen molar-refractivity contribution in [3.63, 3.8) is 0 Å². The molecular weight excluding hydrogens is 342 g/mol. The standard InChI is InChI=1S/C20H25N5O2/c1-14-12-18(22-13-21-14)25(15-5-6-15)16-7-10-24(11-8-16)20(27)17-4-3-9-23(2)19(17)26/h3-4,9,12-13,15-16H,5-8,10-11H2,1-2H3. The Morgan fingerprint density at radius 1 is 1.15 bits per heavy atom. The Morgan fingerprint density at radius 2 is 1.85 bits per heavy atom. The number of aryl methyl sites for hydroxylation is 2. The van der Waals surface area contributed by atoms with Crippen molar-refractivity contribution in [3.8, 4) is 0 Å². The molecule has 27 heavy (non-hydrogen) atoms. The molecule has 3 heterocycles. The third-order valence-electron chi connectivity index (χ3n) is 5.49. The first-order valence-corrected chi connectivity index (χ1v) is 9.56. The van der Waals surface area contributed by atoms with Gasteiger partial charge in [-0.3, -0.25) is 9.59 Å². The van der Waals surface area contributed by atoms with Crippen LogP contribution in [0.25, 0.3) is 0 Å². The van der Waals surface area contributed by atoms with Crippen LogP contribution in [0, 0.1) is 6.92 Å². The number of hydrogen-bond donors (Lipinski definition) is 0. The third-order valence-corrected chi connectivity index (χ3v) is 5.49. The fourth-order valence-electron chi connectivity index (χ4n) is 3.88. The van der Waals surface area contributed by atoms with Gasteiger partial charge >= 0.3 is 0 Å². The molecule has 0 aromatic carbocycles. The van der Waals surface area contributed by atoms with Crippen molar-refractivity contribution in [2.24, 2.45) is 7.05 Å². The van der Waals surface area contributed by atoms with E-state index < -0.39 is 0 Å². The van der Waals surface area contributed by atoms with E-state index >= 15 is 0 Å². The van der Waals surface area contributed by atoms with Crippen LogP contribution in [0.1, 0.15) is 41.7 Å². The van der Waals surface area contributed by atoms with Crippen molar-refractivity contribution in [2.75, 3.05) is 18.0 Å². The number of pyridine rings is 1. The molecule has 2 fully saturated rings. The lowest BCUT2D eigenvalue weighted by atomic mass is 10.0. The SMILES string of the molecule is Cc1cc(N(C2CC2)C2CCN(C(=O)c3cccn(C)c3=O)CC2)ncn1. The molecule has 1 aliphatic carbocycles. The topological polar surface area (TPSA) is 71.3 Å². The number of aromatic nitrogens is 3. The minimum atomic E-state index is -0.235. The first kappa shape index (κ1) is 17.7. The highest BCUT2D eigenvalue weighted by Gasteiger charge is 2.37. The van der Waals surface area contributed by atoms with Crippen LogP contribution in [0.3, 0.4) is 0 Å². The summed E-state index contributed by atoms with van der Waals surface area (Å²) in [5.41, 5.74) is 0.989. The maximum Gasteiger partial charge on any atom is 0.263 e. The Hall–Kier alpha value is -2.70. The van der Waals surface area contributed by atoms with E-state index in [-0.39, 0.29) is 17.0 Å². The van der Waals surface area contributed by atoms with Gasteiger partial charge in [-0.25, -0.2) is 9.97 Å². The zero-order valence-corrected chi connectivity index (χ0v) is 15.8. The highest BCUT2D eigenvalue weighted by atomic mass is 16.2. The van der Waals surface area contributed by atoms with Gasteiger partial charge in [0.25, 0.3) is 11.5 Å². The molecule has 7 heteroatoms. The van der Waals surface area contributed by atoms with Crippen LogP contribution in [0.15, 0.2) is 35.5 Å². The van der Waals surface area contributed by atoms with Gasteiger partial charge in [0, 0.05) is 50.2 Å².